The molecule has 0 radical (unpaired) electrons. The average Bonchev–Trinajstić information content (AvgIpc) is 2.92. The molecule has 1 aromatic carbocycles. The highest BCUT2D eigenvalue weighted by atomic mass is 79.9. The summed E-state index contributed by atoms with van der Waals surface area (Å²) in [4.78, 5) is 14.4. The highest BCUT2D eigenvalue weighted by Crippen LogP contribution is 2.24. The van der Waals surface area contributed by atoms with Gasteiger partial charge >= 0.3 is 0 Å². The van der Waals surface area contributed by atoms with Gasteiger partial charge in [-0.2, -0.15) is 0 Å². The predicted octanol–water partition coefficient (Wildman–Crippen LogP) is 4.00. The third kappa shape index (κ3) is 4.22. The molecule has 0 unspecified atom stereocenters. The Morgan fingerprint density at radius 1 is 1.26 bits per heavy atom. The first-order chi connectivity index (χ1) is 9.20. The lowest BCUT2D eigenvalue weighted by atomic mass is 10.1. The van der Waals surface area contributed by atoms with Gasteiger partial charge in [0.15, 0.2) is 0 Å². The van der Waals surface area contributed by atoms with Crippen LogP contribution in [0.25, 0.3) is 0 Å². The Morgan fingerprint density at radius 2 is 1.89 bits per heavy atom. The van der Waals surface area contributed by atoms with E-state index in [1.807, 2.05) is 29.2 Å². The number of hydrogen-bond donors (Lipinski definition) is 0. The van der Waals surface area contributed by atoms with E-state index >= 15 is 0 Å². The summed E-state index contributed by atoms with van der Waals surface area (Å²) in [7, 11) is 0. The fourth-order valence-corrected chi connectivity index (χ4v) is 3.14. The third-order valence-electron chi connectivity index (χ3n) is 3.68. The Morgan fingerprint density at radius 3 is 2.47 bits per heavy atom. The summed E-state index contributed by atoms with van der Waals surface area (Å²) >= 11 is 9.25. The van der Waals surface area contributed by atoms with E-state index in [-0.39, 0.29) is 5.91 Å². The number of rotatable bonds is 5. The van der Waals surface area contributed by atoms with Crippen molar-refractivity contribution in [2.75, 3.05) is 12.4 Å². The van der Waals surface area contributed by atoms with Gasteiger partial charge in [-0.05, 0) is 30.5 Å². The molecule has 1 saturated carbocycles. The number of carbonyl (C=O) groups is 1. The molecule has 1 aliphatic carbocycles. The molecule has 0 bridgehead atoms. The summed E-state index contributed by atoms with van der Waals surface area (Å²) in [6.07, 6.45) is 5.19. The van der Waals surface area contributed by atoms with Crippen LogP contribution in [0.1, 0.15) is 31.2 Å². The van der Waals surface area contributed by atoms with E-state index < -0.39 is 0 Å². The van der Waals surface area contributed by atoms with Crippen LogP contribution in [0.4, 0.5) is 0 Å². The smallest absolute Gasteiger partial charge is 0.227 e. The molecule has 1 fully saturated rings. The van der Waals surface area contributed by atoms with Crippen LogP contribution < -0.4 is 0 Å². The van der Waals surface area contributed by atoms with Gasteiger partial charge in [0.05, 0.1) is 6.42 Å². The summed E-state index contributed by atoms with van der Waals surface area (Å²) in [6, 6.07) is 8.35. The van der Waals surface area contributed by atoms with Crippen molar-refractivity contribution in [2.45, 2.75) is 38.1 Å². The molecule has 19 heavy (non-hydrogen) atoms. The van der Waals surface area contributed by atoms with Crippen LogP contribution in [0.2, 0.25) is 0 Å². The van der Waals surface area contributed by atoms with E-state index in [1.54, 1.807) is 0 Å². The molecular weight excluding hydrogens is 326 g/mol. The lowest BCUT2D eigenvalue weighted by Gasteiger charge is -2.28. The Labute approximate surface area is 128 Å². The maximum atomic E-state index is 12.4. The molecule has 1 aliphatic rings. The van der Waals surface area contributed by atoms with Gasteiger partial charge in [-0.3, -0.25) is 4.79 Å². The SMILES string of the molecule is O=C(Cc1ccc(Br)cc1)N(CCCl)C1CCCC1. The molecule has 0 aromatic heterocycles. The van der Waals surface area contributed by atoms with Crippen LogP contribution in [0.5, 0.6) is 0 Å². The topological polar surface area (TPSA) is 20.3 Å². The molecular formula is C15H19BrClNO. The van der Waals surface area contributed by atoms with Crippen molar-refractivity contribution in [3.63, 3.8) is 0 Å². The van der Waals surface area contributed by atoms with Crippen molar-refractivity contribution in [1.82, 2.24) is 4.90 Å². The molecule has 0 saturated heterocycles. The second-order valence-corrected chi connectivity index (χ2v) is 6.31. The van der Waals surface area contributed by atoms with Gasteiger partial charge in [0.1, 0.15) is 0 Å². The van der Waals surface area contributed by atoms with Gasteiger partial charge in [0, 0.05) is 22.9 Å². The van der Waals surface area contributed by atoms with Crippen LogP contribution in [-0.2, 0) is 11.2 Å². The average molecular weight is 345 g/mol. The Balaban J connectivity index is 2.00. The van der Waals surface area contributed by atoms with Crippen LogP contribution in [0, 0.1) is 0 Å². The second-order valence-electron chi connectivity index (χ2n) is 5.02. The molecule has 0 heterocycles. The number of carbonyl (C=O) groups excluding carboxylic acids is 1. The zero-order valence-corrected chi connectivity index (χ0v) is 13.3. The van der Waals surface area contributed by atoms with Gasteiger partial charge in [0.25, 0.3) is 0 Å². The predicted molar refractivity (Wildman–Crippen MR) is 82.5 cm³/mol. The minimum Gasteiger partial charge on any atom is -0.338 e. The largest absolute Gasteiger partial charge is 0.338 e. The van der Waals surface area contributed by atoms with Gasteiger partial charge in [-0.15, -0.1) is 11.6 Å². The van der Waals surface area contributed by atoms with Crippen molar-refractivity contribution < 1.29 is 4.79 Å². The van der Waals surface area contributed by atoms with Crippen molar-refractivity contribution in [1.29, 1.82) is 0 Å². The summed E-state index contributed by atoms with van der Waals surface area (Å²) in [6.45, 7) is 0.668. The van der Waals surface area contributed by atoms with Crippen molar-refractivity contribution in [3.8, 4) is 0 Å². The molecule has 0 atom stereocenters. The molecule has 2 nitrogen and oxygen atoms in total. The van der Waals surface area contributed by atoms with Crippen molar-refractivity contribution in [2.24, 2.45) is 0 Å². The van der Waals surface area contributed by atoms with Crippen LogP contribution >= 0.6 is 27.5 Å². The van der Waals surface area contributed by atoms with E-state index in [0.717, 1.165) is 22.9 Å². The quantitative estimate of drug-likeness (QED) is 0.739. The molecule has 2 rings (SSSR count). The second kappa shape index (κ2) is 7.30. The number of amides is 1. The summed E-state index contributed by atoms with van der Waals surface area (Å²) in [5, 5.41) is 0. The Bertz CT molecular complexity index is 415. The summed E-state index contributed by atoms with van der Waals surface area (Å²) in [5.41, 5.74) is 1.06. The van der Waals surface area contributed by atoms with Crippen molar-refractivity contribution >= 4 is 33.4 Å². The van der Waals surface area contributed by atoms with E-state index in [0.29, 0.717) is 24.9 Å². The highest BCUT2D eigenvalue weighted by molar-refractivity contribution is 9.10. The molecule has 4 heteroatoms. The van der Waals surface area contributed by atoms with E-state index in [1.165, 1.54) is 12.8 Å². The number of benzene rings is 1. The lowest BCUT2D eigenvalue weighted by Crippen LogP contribution is -2.41. The summed E-state index contributed by atoms with van der Waals surface area (Å²) < 4.78 is 1.04. The van der Waals surface area contributed by atoms with Crippen molar-refractivity contribution in [3.05, 3.63) is 34.3 Å². The monoisotopic (exact) mass is 343 g/mol. The third-order valence-corrected chi connectivity index (χ3v) is 4.38. The maximum absolute atomic E-state index is 12.4. The van der Waals surface area contributed by atoms with Gasteiger partial charge < -0.3 is 4.90 Å². The highest BCUT2D eigenvalue weighted by Gasteiger charge is 2.25. The number of hydrogen-bond acceptors (Lipinski definition) is 1. The van der Waals surface area contributed by atoms with Crippen LogP contribution in [0.15, 0.2) is 28.7 Å². The van der Waals surface area contributed by atoms with Gasteiger partial charge in [-0.1, -0.05) is 40.9 Å². The molecule has 0 spiro atoms. The van der Waals surface area contributed by atoms with Crippen LogP contribution in [-0.4, -0.2) is 29.3 Å². The Hall–Kier alpha value is -0.540. The maximum Gasteiger partial charge on any atom is 0.227 e. The van der Waals surface area contributed by atoms with E-state index in [2.05, 4.69) is 15.9 Å². The number of nitrogens with zero attached hydrogens (tertiary/aromatic N) is 1. The first-order valence-electron chi connectivity index (χ1n) is 6.80. The minimum absolute atomic E-state index is 0.204. The number of alkyl halides is 1. The van der Waals surface area contributed by atoms with Crippen LogP contribution in [0.3, 0.4) is 0 Å². The normalized spacial score (nSPS) is 15.7. The first kappa shape index (κ1) is 14.9. The molecule has 1 amide bonds. The van der Waals surface area contributed by atoms with Gasteiger partial charge in [0.2, 0.25) is 5.91 Å². The molecule has 104 valence electrons. The molecule has 0 aliphatic heterocycles. The fraction of sp³-hybridized carbons (Fsp3) is 0.533. The Kier molecular flexibility index (Phi) is 5.71. The summed E-state index contributed by atoms with van der Waals surface area (Å²) in [5.74, 6) is 0.720. The first-order valence-corrected chi connectivity index (χ1v) is 8.13. The standard InChI is InChI=1S/C15H19BrClNO/c16-13-7-5-12(6-8-13)11-15(19)18(10-9-17)14-3-1-2-4-14/h5-8,14H,1-4,9-11H2. The number of halogens is 2. The van der Waals surface area contributed by atoms with E-state index in [9.17, 15) is 4.79 Å². The molecule has 0 N–H and O–H groups in total. The lowest BCUT2D eigenvalue weighted by molar-refractivity contribution is -0.132. The zero-order valence-electron chi connectivity index (χ0n) is 10.9. The molecule has 1 aromatic rings. The fourth-order valence-electron chi connectivity index (χ4n) is 2.70. The van der Waals surface area contributed by atoms with Gasteiger partial charge in [-0.25, -0.2) is 0 Å². The zero-order chi connectivity index (χ0) is 13.7. The van der Waals surface area contributed by atoms with E-state index in [4.69, 9.17) is 11.6 Å². The minimum atomic E-state index is 0.204.